The summed E-state index contributed by atoms with van der Waals surface area (Å²) in [6.45, 7) is 13.1. The van der Waals surface area contributed by atoms with Gasteiger partial charge in [0.2, 0.25) is 0 Å². The molecule has 0 aromatic heterocycles. The summed E-state index contributed by atoms with van der Waals surface area (Å²) in [4.78, 5) is 2.79. The maximum Gasteiger partial charge on any atom is 0.0278 e. The standard InChI is InChI=1S/C15H30N2S2/c1-5-15(4)11-17(14(8-16-15)12(2)3)9-13-10-18-6-7-19-13/h12-14,16H,5-11H2,1-4H3. The predicted octanol–water partition coefficient (Wildman–Crippen LogP) is 2.93. The first-order valence-corrected chi connectivity index (χ1v) is 9.93. The average molecular weight is 303 g/mol. The summed E-state index contributed by atoms with van der Waals surface area (Å²) in [5.74, 6) is 4.79. The molecule has 0 aliphatic carbocycles. The fourth-order valence-electron chi connectivity index (χ4n) is 3.10. The highest BCUT2D eigenvalue weighted by molar-refractivity contribution is 8.06. The predicted molar refractivity (Wildman–Crippen MR) is 90.5 cm³/mol. The molecule has 0 spiro atoms. The van der Waals surface area contributed by atoms with Crippen LogP contribution in [0.4, 0.5) is 0 Å². The van der Waals surface area contributed by atoms with Crippen molar-refractivity contribution in [2.45, 2.75) is 50.9 Å². The highest BCUT2D eigenvalue weighted by atomic mass is 32.2. The molecule has 2 saturated heterocycles. The number of thioether (sulfide) groups is 2. The molecule has 1 N–H and O–H groups in total. The molecule has 0 aromatic carbocycles. The molecule has 4 heteroatoms. The highest BCUT2D eigenvalue weighted by Crippen LogP contribution is 2.28. The van der Waals surface area contributed by atoms with Gasteiger partial charge in [-0.25, -0.2) is 0 Å². The number of hydrogen-bond acceptors (Lipinski definition) is 4. The van der Waals surface area contributed by atoms with Crippen molar-refractivity contribution in [3.05, 3.63) is 0 Å². The average Bonchev–Trinajstić information content (AvgIpc) is 2.40. The third-order valence-corrected chi connectivity index (χ3v) is 7.46. The van der Waals surface area contributed by atoms with Gasteiger partial charge in [-0.3, -0.25) is 4.90 Å². The fourth-order valence-corrected chi connectivity index (χ4v) is 5.79. The lowest BCUT2D eigenvalue weighted by atomic mass is 9.90. The molecule has 3 unspecified atom stereocenters. The van der Waals surface area contributed by atoms with Crippen LogP contribution >= 0.6 is 23.5 Å². The minimum Gasteiger partial charge on any atom is -0.309 e. The van der Waals surface area contributed by atoms with Gasteiger partial charge in [-0.2, -0.15) is 23.5 Å². The van der Waals surface area contributed by atoms with E-state index in [1.165, 1.54) is 36.8 Å². The normalized spacial score (nSPS) is 37.7. The first kappa shape index (κ1) is 16.0. The SMILES string of the molecule is CCC1(C)CN(CC2CSCCS2)C(C(C)C)CN1. The Hall–Kier alpha value is 0.620. The van der Waals surface area contributed by atoms with Crippen LogP contribution in [-0.2, 0) is 0 Å². The lowest BCUT2D eigenvalue weighted by molar-refractivity contribution is 0.0619. The van der Waals surface area contributed by atoms with Gasteiger partial charge in [0.05, 0.1) is 0 Å². The van der Waals surface area contributed by atoms with E-state index in [-0.39, 0.29) is 0 Å². The second-order valence-corrected chi connectivity index (χ2v) is 9.16. The summed E-state index contributed by atoms with van der Waals surface area (Å²) < 4.78 is 0. The van der Waals surface area contributed by atoms with Gasteiger partial charge in [0.25, 0.3) is 0 Å². The molecule has 2 aliphatic heterocycles. The van der Waals surface area contributed by atoms with Gasteiger partial charge in [-0.05, 0) is 19.3 Å². The summed E-state index contributed by atoms with van der Waals surface area (Å²) >= 11 is 4.34. The molecular weight excluding hydrogens is 272 g/mol. The van der Waals surface area contributed by atoms with Crippen LogP contribution in [0.5, 0.6) is 0 Å². The van der Waals surface area contributed by atoms with Crippen molar-refractivity contribution in [3.63, 3.8) is 0 Å². The molecule has 0 saturated carbocycles. The quantitative estimate of drug-likeness (QED) is 0.858. The molecule has 0 bridgehead atoms. The third-order valence-electron chi connectivity index (χ3n) is 4.63. The lowest BCUT2D eigenvalue weighted by Gasteiger charge is -2.48. The van der Waals surface area contributed by atoms with Gasteiger partial charge < -0.3 is 5.32 Å². The van der Waals surface area contributed by atoms with Gasteiger partial charge in [0, 0.05) is 53.7 Å². The molecule has 2 aliphatic rings. The van der Waals surface area contributed by atoms with Crippen molar-refractivity contribution in [3.8, 4) is 0 Å². The van der Waals surface area contributed by atoms with E-state index in [0.29, 0.717) is 11.6 Å². The van der Waals surface area contributed by atoms with Crippen molar-refractivity contribution in [1.29, 1.82) is 0 Å². The van der Waals surface area contributed by atoms with Crippen LogP contribution in [0, 0.1) is 5.92 Å². The molecule has 2 heterocycles. The summed E-state index contributed by atoms with van der Waals surface area (Å²) in [6, 6.07) is 0.715. The van der Waals surface area contributed by atoms with Crippen molar-refractivity contribution in [1.82, 2.24) is 10.2 Å². The van der Waals surface area contributed by atoms with Crippen LogP contribution < -0.4 is 5.32 Å². The monoisotopic (exact) mass is 302 g/mol. The maximum absolute atomic E-state index is 3.79. The van der Waals surface area contributed by atoms with Crippen LogP contribution in [0.15, 0.2) is 0 Å². The van der Waals surface area contributed by atoms with Gasteiger partial charge in [0.1, 0.15) is 0 Å². The Labute approximate surface area is 127 Å². The van der Waals surface area contributed by atoms with E-state index in [1.807, 2.05) is 0 Å². The molecule has 2 nitrogen and oxygen atoms in total. The Morgan fingerprint density at radius 3 is 2.74 bits per heavy atom. The van der Waals surface area contributed by atoms with E-state index in [0.717, 1.165) is 17.7 Å². The molecule has 0 radical (unpaired) electrons. The van der Waals surface area contributed by atoms with Gasteiger partial charge in [0.15, 0.2) is 0 Å². The van der Waals surface area contributed by atoms with Crippen LogP contribution in [0.1, 0.15) is 34.1 Å². The molecule has 3 atom stereocenters. The first-order valence-electron chi connectivity index (χ1n) is 7.72. The molecule has 112 valence electrons. The van der Waals surface area contributed by atoms with E-state index in [1.54, 1.807) is 0 Å². The fraction of sp³-hybridized carbons (Fsp3) is 1.00. The van der Waals surface area contributed by atoms with Crippen LogP contribution in [0.3, 0.4) is 0 Å². The minimum absolute atomic E-state index is 0.317. The van der Waals surface area contributed by atoms with Crippen molar-refractivity contribution in [2.24, 2.45) is 5.92 Å². The van der Waals surface area contributed by atoms with Gasteiger partial charge >= 0.3 is 0 Å². The number of rotatable bonds is 4. The minimum atomic E-state index is 0.317. The van der Waals surface area contributed by atoms with Crippen LogP contribution in [0.2, 0.25) is 0 Å². The molecule has 2 rings (SSSR count). The van der Waals surface area contributed by atoms with E-state index in [9.17, 15) is 0 Å². The number of nitrogens with zero attached hydrogens (tertiary/aromatic N) is 1. The molecular formula is C15H30N2S2. The number of piperazine rings is 1. The summed E-state index contributed by atoms with van der Waals surface area (Å²) in [5, 5.41) is 4.64. The molecule has 0 amide bonds. The zero-order chi connectivity index (χ0) is 13.9. The van der Waals surface area contributed by atoms with Crippen molar-refractivity contribution >= 4 is 23.5 Å². The van der Waals surface area contributed by atoms with Gasteiger partial charge in [-0.1, -0.05) is 20.8 Å². The van der Waals surface area contributed by atoms with Crippen molar-refractivity contribution in [2.75, 3.05) is 36.9 Å². The number of nitrogens with one attached hydrogen (secondary N) is 1. The Balaban J connectivity index is 1.98. The Bertz CT molecular complexity index is 279. The van der Waals surface area contributed by atoms with E-state index < -0.39 is 0 Å². The van der Waals surface area contributed by atoms with Crippen molar-refractivity contribution < 1.29 is 0 Å². The number of hydrogen-bond donors (Lipinski definition) is 1. The summed E-state index contributed by atoms with van der Waals surface area (Å²) in [6.07, 6.45) is 1.22. The summed E-state index contributed by atoms with van der Waals surface area (Å²) in [5.41, 5.74) is 0.317. The largest absolute Gasteiger partial charge is 0.309 e. The smallest absolute Gasteiger partial charge is 0.0278 e. The second kappa shape index (κ2) is 7.06. The van der Waals surface area contributed by atoms with E-state index >= 15 is 0 Å². The highest BCUT2D eigenvalue weighted by Gasteiger charge is 2.36. The maximum atomic E-state index is 3.79. The molecule has 19 heavy (non-hydrogen) atoms. The van der Waals surface area contributed by atoms with Crippen LogP contribution in [-0.4, -0.2) is 58.6 Å². The van der Waals surface area contributed by atoms with Gasteiger partial charge in [-0.15, -0.1) is 0 Å². The van der Waals surface area contributed by atoms with E-state index in [2.05, 4.69) is 61.4 Å². The summed E-state index contributed by atoms with van der Waals surface area (Å²) in [7, 11) is 0. The van der Waals surface area contributed by atoms with Crippen LogP contribution in [0.25, 0.3) is 0 Å². The lowest BCUT2D eigenvalue weighted by Crippen LogP contribution is -2.64. The second-order valence-electron chi connectivity index (χ2n) is 6.60. The molecule has 0 aromatic rings. The van der Waals surface area contributed by atoms with E-state index in [4.69, 9.17) is 0 Å². The molecule has 2 fully saturated rings. The topological polar surface area (TPSA) is 15.3 Å². The first-order chi connectivity index (χ1) is 9.04. The Morgan fingerprint density at radius 1 is 1.37 bits per heavy atom. The zero-order valence-electron chi connectivity index (χ0n) is 12.9. The Kier molecular flexibility index (Phi) is 5.94. The zero-order valence-corrected chi connectivity index (χ0v) is 14.6. The third kappa shape index (κ3) is 4.29. The Morgan fingerprint density at radius 2 is 2.16 bits per heavy atom.